The van der Waals surface area contributed by atoms with Gasteiger partial charge >= 0.3 is 0 Å². The van der Waals surface area contributed by atoms with Gasteiger partial charge in [0.25, 0.3) is 0 Å². The van der Waals surface area contributed by atoms with Crippen LogP contribution in [0.5, 0.6) is 0 Å². The van der Waals surface area contributed by atoms with Gasteiger partial charge in [0.15, 0.2) is 11.1 Å². The Morgan fingerprint density at radius 3 is 2.50 bits per heavy atom. The molecule has 74 valence electrons. The van der Waals surface area contributed by atoms with Gasteiger partial charge in [-0.15, -0.1) is 0 Å². The highest BCUT2D eigenvalue weighted by Crippen LogP contribution is 2.17. The molecule has 1 aliphatic carbocycles. The average Bonchev–Trinajstić information content (AvgIpc) is 2.71. The van der Waals surface area contributed by atoms with Gasteiger partial charge in [-0.1, -0.05) is 0 Å². The van der Waals surface area contributed by atoms with Crippen molar-refractivity contribution in [3.8, 4) is 0 Å². The van der Waals surface area contributed by atoms with Crippen molar-refractivity contribution in [3.05, 3.63) is 34.2 Å². The summed E-state index contributed by atoms with van der Waals surface area (Å²) in [7, 11) is 0. The lowest BCUT2D eigenvalue weighted by molar-refractivity contribution is 0.441. The Morgan fingerprint density at radius 2 is 2.00 bits per heavy atom. The second kappa shape index (κ2) is 3.99. The maximum Gasteiger partial charge on any atom is 0.195 e. The van der Waals surface area contributed by atoms with E-state index in [2.05, 4.69) is 16.4 Å². The number of hydrogen-bond acceptors (Lipinski definition) is 2. The molecule has 1 fully saturated rings. The fourth-order valence-corrected chi connectivity index (χ4v) is 1.93. The van der Waals surface area contributed by atoms with Crippen LogP contribution in [0.25, 0.3) is 0 Å². The topological polar surface area (TPSA) is 40.5 Å². The highest BCUT2D eigenvalue weighted by atomic mass is 32.2. The van der Waals surface area contributed by atoms with Crippen molar-refractivity contribution in [1.29, 1.82) is 0 Å². The normalized spacial score (nSPS) is 22.2. The van der Waals surface area contributed by atoms with Crippen LogP contribution in [0.4, 0.5) is 0 Å². The zero-order valence-corrected chi connectivity index (χ0v) is 8.51. The average molecular weight is 209 g/mol. The summed E-state index contributed by atoms with van der Waals surface area (Å²) in [5.41, 5.74) is 6.57. The Labute approximate surface area is 85.4 Å². The summed E-state index contributed by atoms with van der Waals surface area (Å²) < 4.78 is 19.5. The SMILES string of the molecule is O=S(O)C1=C=C=C(N2CCCC2)C=C1. The number of rotatable bonds is 2. The summed E-state index contributed by atoms with van der Waals surface area (Å²) in [6.45, 7) is 2.10. The minimum atomic E-state index is -1.94. The molecule has 1 heterocycles. The molecule has 1 aliphatic heterocycles. The van der Waals surface area contributed by atoms with E-state index in [9.17, 15) is 4.21 Å². The molecule has 0 aromatic carbocycles. The van der Waals surface area contributed by atoms with Crippen LogP contribution < -0.4 is 0 Å². The molecule has 1 atom stereocenters. The maximum absolute atomic E-state index is 10.7. The van der Waals surface area contributed by atoms with Crippen molar-refractivity contribution in [1.82, 2.24) is 4.90 Å². The third-order valence-corrected chi connectivity index (χ3v) is 2.96. The summed E-state index contributed by atoms with van der Waals surface area (Å²) in [6, 6.07) is 0. The maximum atomic E-state index is 10.7. The Balaban J connectivity index is 2.27. The van der Waals surface area contributed by atoms with Crippen molar-refractivity contribution >= 4 is 11.1 Å². The number of allylic oxidation sites excluding steroid dienone is 2. The predicted molar refractivity (Wildman–Crippen MR) is 54.8 cm³/mol. The van der Waals surface area contributed by atoms with Gasteiger partial charge in [0, 0.05) is 13.1 Å². The van der Waals surface area contributed by atoms with Crippen LogP contribution in [-0.2, 0) is 11.1 Å². The standard InChI is InChI=1S/C10H11NO2S/c12-14(13)10-5-3-9(4-6-10)11-7-1-2-8-11/h3,5H,1-2,7-8H2,(H,12,13). The minimum absolute atomic E-state index is 0.285. The van der Waals surface area contributed by atoms with Crippen molar-refractivity contribution in [2.45, 2.75) is 12.8 Å². The predicted octanol–water partition coefficient (Wildman–Crippen LogP) is 1.40. The van der Waals surface area contributed by atoms with Crippen LogP contribution >= 0.6 is 0 Å². The molecule has 14 heavy (non-hydrogen) atoms. The van der Waals surface area contributed by atoms with Gasteiger partial charge in [-0.25, -0.2) is 4.21 Å². The molecule has 0 radical (unpaired) electrons. The van der Waals surface area contributed by atoms with E-state index in [-0.39, 0.29) is 4.91 Å². The monoisotopic (exact) mass is 209 g/mol. The highest BCUT2D eigenvalue weighted by molar-refractivity contribution is 7.83. The summed E-state index contributed by atoms with van der Waals surface area (Å²) in [5, 5.41) is 0. The van der Waals surface area contributed by atoms with E-state index in [0.29, 0.717) is 0 Å². The fourth-order valence-electron chi connectivity index (χ4n) is 1.61. The Kier molecular flexibility index (Phi) is 2.71. The first-order valence-corrected chi connectivity index (χ1v) is 5.68. The molecule has 2 rings (SSSR count). The van der Waals surface area contributed by atoms with E-state index in [1.54, 1.807) is 6.08 Å². The van der Waals surface area contributed by atoms with Crippen LogP contribution in [0.15, 0.2) is 34.2 Å². The molecule has 0 bridgehead atoms. The van der Waals surface area contributed by atoms with Crippen molar-refractivity contribution in [2.24, 2.45) is 0 Å². The summed E-state index contributed by atoms with van der Waals surface area (Å²) in [6.07, 6.45) is 5.87. The molecular formula is C10H11NO2S. The number of nitrogens with zero attached hydrogens (tertiary/aromatic N) is 1. The molecule has 0 aromatic heterocycles. The van der Waals surface area contributed by atoms with E-state index < -0.39 is 11.1 Å². The van der Waals surface area contributed by atoms with E-state index in [1.165, 1.54) is 12.8 Å². The van der Waals surface area contributed by atoms with E-state index in [1.807, 2.05) is 6.08 Å². The Bertz CT molecular complexity index is 392. The Hall–Kier alpha value is -1.05. The molecule has 0 amide bonds. The van der Waals surface area contributed by atoms with Gasteiger partial charge in [-0.05, 0) is 36.5 Å². The van der Waals surface area contributed by atoms with Crippen LogP contribution in [0.3, 0.4) is 0 Å². The molecule has 4 heteroatoms. The lowest BCUT2D eigenvalue weighted by Gasteiger charge is -2.16. The lowest BCUT2D eigenvalue weighted by Crippen LogP contribution is -2.17. The first-order valence-electron chi connectivity index (χ1n) is 4.57. The third kappa shape index (κ3) is 1.89. The van der Waals surface area contributed by atoms with Gasteiger partial charge in [-0.3, -0.25) is 0 Å². The van der Waals surface area contributed by atoms with Crippen molar-refractivity contribution < 1.29 is 8.76 Å². The van der Waals surface area contributed by atoms with Crippen LogP contribution in [0.2, 0.25) is 0 Å². The molecular weight excluding hydrogens is 198 g/mol. The van der Waals surface area contributed by atoms with Crippen LogP contribution in [-0.4, -0.2) is 26.8 Å². The first-order chi connectivity index (χ1) is 6.77. The van der Waals surface area contributed by atoms with Gasteiger partial charge in [0.1, 0.15) is 4.91 Å². The zero-order valence-electron chi connectivity index (χ0n) is 7.69. The summed E-state index contributed by atoms with van der Waals surface area (Å²) in [5.74, 6) is 0. The molecule has 1 N–H and O–H groups in total. The van der Waals surface area contributed by atoms with E-state index >= 15 is 0 Å². The second-order valence-electron chi connectivity index (χ2n) is 3.28. The summed E-state index contributed by atoms with van der Waals surface area (Å²) in [4.78, 5) is 2.49. The lowest BCUT2D eigenvalue weighted by atomic mass is 10.3. The molecule has 1 unspecified atom stereocenters. The van der Waals surface area contributed by atoms with Crippen LogP contribution in [0, 0.1) is 0 Å². The first kappa shape index (κ1) is 9.50. The van der Waals surface area contributed by atoms with Crippen molar-refractivity contribution in [2.75, 3.05) is 13.1 Å². The molecule has 0 aromatic rings. The van der Waals surface area contributed by atoms with Gasteiger partial charge in [-0.2, -0.15) is 0 Å². The molecule has 3 nitrogen and oxygen atoms in total. The van der Waals surface area contributed by atoms with Gasteiger partial charge in [0.05, 0.1) is 5.70 Å². The second-order valence-corrected chi connectivity index (χ2v) is 4.21. The van der Waals surface area contributed by atoms with E-state index in [0.717, 1.165) is 18.8 Å². The van der Waals surface area contributed by atoms with Crippen molar-refractivity contribution in [3.63, 3.8) is 0 Å². The third-order valence-electron chi connectivity index (χ3n) is 2.34. The highest BCUT2D eigenvalue weighted by Gasteiger charge is 2.14. The van der Waals surface area contributed by atoms with Crippen LogP contribution in [0.1, 0.15) is 12.8 Å². The smallest absolute Gasteiger partial charge is 0.195 e. The summed E-state index contributed by atoms with van der Waals surface area (Å²) >= 11 is -1.94. The zero-order chi connectivity index (χ0) is 9.97. The Morgan fingerprint density at radius 1 is 1.29 bits per heavy atom. The fraction of sp³-hybridized carbons (Fsp3) is 0.400. The number of hydrogen-bond donors (Lipinski definition) is 1. The van der Waals surface area contributed by atoms with E-state index in [4.69, 9.17) is 4.55 Å². The van der Waals surface area contributed by atoms with Gasteiger partial charge in [0.2, 0.25) is 0 Å². The molecule has 1 saturated heterocycles. The largest absolute Gasteiger partial charge is 0.365 e. The minimum Gasteiger partial charge on any atom is -0.365 e. The number of likely N-dealkylation sites (tertiary alicyclic amines) is 1. The van der Waals surface area contributed by atoms with Gasteiger partial charge < -0.3 is 9.45 Å². The quantitative estimate of drug-likeness (QED) is 0.552. The molecule has 0 spiro atoms. The molecule has 2 aliphatic rings. The molecule has 0 saturated carbocycles.